The van der Waals surface area contributed by atoms with Gasteiger partial charge in [0.1, 0.15) is 5.82 Å². The molecule has 3 unspecified atom stereocenters. The molecule has 1 aliphatic carbocycles. The molecule has 0 N–H and O–H groups in total. The number of hydrogen-bond acceptors (Lipinski definition) is 4. The van der Waals surface area contributed by atoms with Gasteiger partial charge in [0.2, 0.25) is 5.91 Å². The summed E-state index contributed by atoms with van der Waals surface area (Å²) in [6.07, 6.45) is 11.1. The van der Waals surface area contributed by atoms with Gasteiger partial charge in [-0.05, 0) is 89.5 Å². The number of hydrogen-bond donors (Lipinski definition) is 0. The number of rotatable bonds is 8. The van der Waals surface area contributed by atoms with Gasteiger partial charge in [0, 0.05) is 48.9 Å². The largest absolute Gasteiger partial charge is 0.450 e. The Labute approximate surface area is 222 Å². The maximum absolute atomic E-state index is 13.7. The quantitative estimate of drug-likeness (QED) is 0.403. The summed E-state index contributed by atoms with van der Waals surface area (Å²) in [5.41, 5.74) is 0.826. The van der Waals surface area contributed by atoms with Gasteiger partial charge in [-0.3, -0.25) is 4.79 Å². The fourth-order valence-corrected chi connectivity index (χ4v) is 6.89. The summed E-state index contributed by atoms with van der Waals surface area (Å²) in [5.74, 6) is 0.0350. The van der Waals surface area contributed by atoms with Crippen LogP contribution >= 0.6 is 0 Å². The topological polar surface area (TPSA) is 53.1 Å². The minimum Gasteiger partial charge on any atom is -0.450 e. The van der Waals surface area contributed by atoms with Gasteiger partial charge in [0.15, 0.2) is 0 Å². The van der Waals surface area contributed by atoms with E-state index >= 15 is 0 Å². The minimum atomic E-state index is -0.271. The zero-order chi connectivity index (χ0) is 26.4. The van der Waals surface area contributed by atoms with E-state index < -0.39 is 0 Å². The van der Waals surface area contributed by atoms with E-state index in [-0.39, 0.29) is 41.9 Å². The first-order valence-electron chi connectivity index (χ1n) is 14.7. The molecule has 0 aromatic heterocycles. The average Bonchev–Trinajstić information content (AvgIpc) is 3.29. The van der Waals surface area contributed by atoms with E-state index in [1.807, 2.05) is 16.7 Å². The molecule has 3 atom stereocenters. The highest BCUT2D eigenvalue weighted by Gasteiger charge is 2.39. The molecule has 6 nitrogen and oxygen atoms in total. The van der Waals surface area contributed by atoms with E-state index in [9.17, 15) is 14.0 Å². The third-order valence-electron chi connectivity index (χ3n) is 8.96. The van der Waals surface area contributed by atoms with Gasteiger partial charge >= 0.3 is 6.09 Å². The van der Waals surface area contributed by atoms with Crippen LogP contribution in [-0.2, 0) is 9.53 Å². The molecule has 0 spiro atoms. The minimum absolute atomic E-state index is 0.0819. The lowest BCUT2D eigenvalue weighted by Crippen LogP contribution is -2.52. The third kappa shape index (κ3) is 6.65. The zero-order valence-electron chi connectivity index (χ0n) is 23.0. The van der Waals surface area contributed by atoms with Crippen LogP contribution in [0.1, 0.15) is 91.4 Å². The first kappa shape index (κ1) is 27.9. The Bertz CT molecular complexity index is 881. The Hall–Kier alpha value is -2.15. The highest BCUT2D eigenvalue weighted by Crippen LogP contribution is 2.34. The van der Waals surface area contributed by atoms with Gasteiger partial charge in [-0.25, -0.2) is 9.18 Å². The molecule has 0 radical (unpaired) electrons. The number of halogens is 1. The normalized spacial score (nSPS) is 24.7. The SMILES string of the molecule is CCOC(=O)N1C(C)CCC1CC(CC)N1CCC(N(C(=O)C2CCCCC2)c2ccc(F)cc2)CC1. The molecule has 2 aliphatic heterocycles. The number of carbonyl (C=O) groups is 2. The number of amides is 2. The van der Waals surface area contributed by atoms with Crippen molar-refractivity contribution in [3.63, 3.8) is 0 Å². The van der Waals surface area contributed by atoms with Gasteiger partial charge in [0.25, 0.3) is 0 Å². The molecule has 3 aliphatic rings. The molecule has 37 heavy (non-hydrogen) atoms. The summed E-state index contributed by atoms with van der Waals surface area (Å²) in [5, 5.41) is 0. The summed E-state index contributed by atoms with van der Waals surface area (Å²) < 4.78 is 19.1. The van der Waals surface area contributed by atoms with Crippen molar-refractivity contribution in [1.29, 1.82) is 0 Å². The lowest BCUT2D eigenvalue weighted by molar-refractivity contribution is -0.124. The molecule has 2 saturated heterocycles. The van der Waals surface area contributed by atoms with Gasteiger partial charge in [0.05, 0.1) is 6.61 Å². The Morgan fingerprint density at radius 2 is 1.68 bits per heavy atom. The summed E-state index contributed by atoms with van der Waals surface area (Å²) in [7, 11) is 0. The van der Waals surface area contributed by atoms with Crippen LogP contribution < -0.4 is 4.90 Å². The van der Waals surface area contributed by atoms with Crippen molar-refractivity contribution < 1.29 is 18.7 Å². The van der Waals surface area contributed by atoms with Gasteiger partial charge in [-0.2, -0.15) is 0 Å². The van der Waals surface area contributed by atoms with Crippen LogP contribution in [0.5, 0.6) is 0 Å². The average molecular weight is 516 g/mol. The second kappa shape index (κ2) is 13.1. The smallest absolute Gasteiger partial charge is 0.410 e. The van der Waals surface area contributed by atoms with Crippen molar-refractivity contribution in [3.05, 3.63) is 30.1 Å². The first-order valence-corrected chi connectivity index (χ1v) is 14.7. The molecule has 2 heterocycles. The number of ether oxygens (including phenoxy) is 1. The van der Waals surface area contributed by atoms with Crippen molar-refractivity contribution in [1.82, 2.24) is 9.80 Å². The van der Waals surface area contributed by atoms with E-state index in [1.165, 1.54) is 18.6 Å². The molecule has 1 saturated carbocycles. The molecule has 1 aromatic carbocycles. The maximum Gasteiger partial charge on any atom is 0.410 e. The molecule has 4 rings (SSSR count). The standard InChI is InChI=1S/C30H46FN3O3/c1-4-25(21-28-14-11-22(3)33(28)30(36)37-5-2)32-19-17-27(18-20-32)34(26-15-12-24(31)13-16-26)29(35)23-9-7-6-8-10-23/h12-13,15-16,22-23,25,27-28H,4-11,14,17-21H2,1-3H3. The van der Waals surface area contributed by atoms with Crippen LogP contribution in [-0.4, -0.2) is 65.7 Å². The number of piperidine rings is 1. The Morgan fingerprint density at radius 1 is 1.00 bits per heavy atom. The van der Waals surface area contributed by atoms with Crippen LogP contribution in [0, 0.1) is 11.7 Å². The Kier molecular flexibility index (Phi) is 9.85. The van der Waals surface area contributed by atoms with Crippen molar-refractivity contribution in [2.45, 2.75) is 116 Å². The van der Waals surface area contributed by atoms with Crippen molar-refractivity contribution in [2.24, 2.45) is 5.92 Å². The number of likely N-dealkylation sites (tertiary alicyclic amines) is 2. The first-order chi connectivity index (χ1) is 17.9. The maximum atomic E-state index is 13.7. The van der Waals surface area contributed by atoms with Crippen LogP contribution in [0.2, 0.25) is 0 Å². The lowest BCUT2D eigenvalue weighted by Gasteiger charge is -2.43. The van der Waals surface area contributed by atoms with Crippen LogP contribution in [0.15, 0.2) is 24.3 Å². The lowest BCUT2D eigenvalue weighted by atomic mass is 9.87. The van der Waals surface area contributed by atoms with Crippen molar-refractivity contribution in [3.8, 4) is 0 Å². The van der Waals surface area contributed by atoms with E-state index in [2.05, 4.69) is 18.7 Å². The number of nitrogens with zero attached hydrogens (tertiary/aromatic N) is 3. The molecule has 2 amide bonds. The van der Waals surface area contributed by atoms with Gasteiger partial charge < -0.3 is 19.4 Å². The van der Waals surface area contributed by atoms with E-state index in [0.717, 1.165) is 83.0 Å². The van der Waals surface area contributed by atoms with E-state index in [0.29, 0.717) is 12.6 Å². The highest BCUT2D eigenvalue weighted by atomic mass is 19.1. The molecular weight excluding hydrogens is 469 g/mol. The van der Waals surface area contributed by atoms with Crippen LogP contribution in [0.25, 0.3) is 0 Å². The predicted octanol–water partition coefficient (Wildman–Crippen LogP) is 6.38. The summed E-state index contributed by atoms with van der Waals surface area (Å²) in [6.45, 7) is 8.49. The Balaban J connectivity index is 1.42. The van der Waals surface area contributed by atoms with E-state index in [4.69, 9.17) is 4.74 Å². The van der Waals surface area contributed by atoms with Gasteiger partial charge in [-0.1, -0.05) is 26.2 Å². The summed E-state index contributed by atoms with van der Waals surface area (Å²) in [4.78, 5) is 32.9. The highest BCUT2D eigenvalue weighted by molar-refractivity contribution is 5.95. The third-order valence-corrected chi connectivity index (χ3v) is 8.96. The molecule has 0 bridgehead atoms. The Morgan fingerprint density at radius 3 is 2.30 bits per heavy atom. The summed E-state index contributed by atoms with van der Waals surface area (Å²) in [6, 6.07) is 7.46. The molecular formula is C30H46FN3O3. The van der Waals surface area contributed by atoms with Crippen LogP contribution in [0.3, 0.4) is 0 Å². The van der Waals surface area contributed by atoms with Gasteiger partial charge in [-0.15, -0.1) is 0 Å². The van der Waals surface area contributed by atoms with Crippen molar-refractivity contribution >= 4 is 17.7 Å². The number of benzene rings is 1. The van der Waals surface area contributed by atoms with Crippen molar-refractivity contribution in [2.75, 3.05) is 24.6 Å². The molecule has 1 aromatic rings. The van der Waals surface area contributed by atoms with E-state index in [1.54, 1.807) is 12.1 Å². The number of anilines is 1. The number of carbonyl (C=O) groups excluding carboxylic acids is 2. The fourth-order valence-electron chi connectivity index (χ4n) is 6.89. The predicted molar refractivity (Wildman–Crippen MR) is 145 cm³/mol. The fraction of sp³-hybridized carbons (Fsp3) is 0.733. The summed E-state index contributed by atoms with van der Waals surface area (Å²) >= 11 is 0. The van der Waals surface area contributed by atoms with Crippen LogP contribution in [0.4, 0.5) is 14.9 Å². The zero-order valence-corrected chi connectivity index (χ0v) is 23.0. The monoisotopic (exact) mass is 515 g/mol. The second-order valence-electron chi connectivity index (χ2n) is 11.3. The molecule has 7 heteroatoms. The molecule has 206 valence electrons. The second-order valence-corrected chi connectivity index (χ2v) is 11.3. The molecule has 3 fully saturated rings.